The number of ketones is 1. The van der Waals surface area contributed by atoms with E-state index < -0.39 is 0 Å². The second-order valence-electron chi connectivity index (χ2n) is 4.36. The maximum atomic E-state index is 11.4. The summed E-state index contributed by atoms with van der Waals surface area (Å²) in [6.07, 6.45) is 6.47. The minimum atomic E-state index is 0.0143. The van der Waals surface area contributed by atoms with E-state index in [9.17, 15) is 4.79 Å². The molecule has 1 aliphatic rings. The van der Waals surface area contributed by atoms with Crippen LogP contribution in [0.4, 0.5) is 5.82 Å². The van der Waals surface area contributed by atoms with Crippen LogP contribution >= 0.6 is 0 Å². The summed E-state index contributed by atoms with van der Waals surface area (Å²) < 4.78 is 0. The third-order valence-corrected chi connectivity index (χ3v) is 2.98. The van der Waals surface area contributed by atoms with Crippen molar-refractivity contribution in [1.82, 2.24) is 9.97 Å². The third kappa shape index (κ3) is 2.38. The molecule has 1 N–H and O–H groups in total. The summed E-state index contributed by atoms with van der Waals surface area (Å²) in [6, 6.07) is 0.465. The molecule has 0 spiro atoms. The van der Waals surface area contributed by atoms with Crippen molar-refractivity contribution >= 4 is 11.6 Å². The lowest BCUT2D eigenvalue weighted by atomic mass is 10.2. The first-order chi connectivity index (χ1) is 7.66. The molecule has 1 aromatic rings. The topological polar surface area (TPSA) is 54.9 Å². The summed E-state index contributed by atoms with van der Waals surface area (Å²) in [5.74, 6) is 1.41. The highest BCUT2D eigenvalue weighted by atomic mass is 16.1. The van der Waals surface area contributed by atoms with Gasteiger partial charge in [-0.25, -0.2) is 9.97 Å². The van der Waals surface area contributed by atoms with E-state index in [2.05, 4.69) is 15.3 Å². The zero-order valence-corrected chi connectivity index (χ0v) is 9.79. The highest BCUT2D eigenvalue weighted by molar-refractivity contribution is 5.98. The highest BCUT2D eigenvalue weighted by Gasteiger charge is 2.18. The summed E-state index contributed by atoms with van der Waals surface area (Å²) >= 11 is 0. The van der Waals surface area contributed by atoms with Crippen LogP contribution in [0.5, 0.6) is 0 Å². The molecule has 4 heteroatoms. The molecule has 1 aliphatic carbocycles. The number of hydrogen-bond donors (Lipinski definition) is 1. The molecular formula is C12H17N3O. The predicted molar refractivity (Wildman–Crippen MR) is 62.7 cm³/mol. The largest absolute Gasteiger partial charge is 0.367 e. The zero-order chi connectivity index (χ0) is 11.5. The van der Waals surface area contributed by atoms with Crippen LogP contribution in [-0.4, -0.2) is 21.8 Å². The molecule has 0 saturated heterocycles. The highest BCUT2D eigenvalue weighted by Crippen LogP contribution is 2.23. The molecule has 0 amide bonds. The molecule has 0 radical (unpaired) electrons. The van der Waals surface area contributed by atoms with E-state index in [0.29, 0.717) is 23.2 Å². The Kier molecular flexibility index (Phi) is 3.17. The number of carbonyl (C=O) groups is 1. The number of nitrogens with one attached hydrogen (secondary N) is 1. The van der Waals surface area contributed by atoms with Crippen LogP contribution in [0.3, 0.4) is 0 Å². The van der Waals surface area contributed by atoms with Gasteiger partial charge in [0.1, 0.15) is 11.6 Å². The van der Waals surface area contributed by atoms with Gasteiger partial charge in [0, 0.05) is 12.2 Å². The molecule has 4 nitrogen and oxygen atoms in total. The Morgan fingerprint density at radius 3 is 2.75 bits per heavy atom. The molecule has 1 aromatic heterocycles. The van der Waals surface area contributed by atoms with Gasteiger partial charge in [0.2, 0.25) is 0 Å². The lowest BCUT2D eigenvalue weighted by Gasteiger charge is -2.14. The van der Waals surface area contributed by atoms with E-state index in [1.54, 1.807) is 13.1 Å². The maximum absolute atomic E-state index is 11.4. The second-order valence-corrected chi connectivity index (χ2v) is 4.36. The summed E-state index contributed by atoms with van der Waals surface area (Å²) in [5.41, 5.74) is 0.595. The van der Waals surface area contributed by atoms with Crippen LogP contribution in [0.25, 0.3) is 0 Å². The van der Waals surface area contributed by atoms with Gasteiger partial charge in [-0.1, -0.05) is 12.8 Å². The van der Waals surface area contributed by atoms with E-state index in [-0.39, 0.29) is 5.78 Å². The molecule has 16 heavy (non-hydrogen) atoms. The van der Waals surface area contributed by atoms with Gasteiger partial charge in [0.15, 0.2) is 5.78 Å². The number of aromatic nitrogens is 2. The SMILES string of the molecule is CC(=O)c1cnc(C)nc1NC1CCCC1. The van der Waals surface area contributed by atoms with Gasteiger partial charge in [0.05, 0.1) is 5.56 Å². The Hall–Kier alpha value is -1.45. The van der Waals surface area contributed by atoms with Crippen molar-refractivity contribution in [2.75, 3.05) is 5.32 Å². The first kappa shape index (κ1) is 11.0. The summed E-state index contributed by atoms with van der Waals surface area (Å²) in [5, 5.41) is 3.36. The lowest BCUT2D eigenvalue weighted by Crippen LogP contribution is -2.18. The standard InChI is InChI=1S/C12H17N3O/c1-8(16)11-7-13-9(2)14-12(11)15-10-5-3-4-6-10/h7,10H,3-6H2,1-2H3,(H,13,14,15). The number of anilines is 1. The monoisotopic (exact) mass is 219 g/mol. The number of hydrogen-bond acceptors (Lipinski definition) is 4. The van der Waals surface area contributed by atoms with E-state index >= 15 is 0 Å². The maximum Gasteiger partial charge on any atom is 0.165 e. The quantitative estimate of drug-likeness (QED) is 0.793. The van der Waals surface area contributed by atoms with Crippen LogP contribution in [0.2, 0.25) is 0 Å². The molecule has 0 aromatic carbocycles. The molecule has 1 saturated carbocycles. The van der Waals surface area contributed by atoms with Gasteiger partial charge >= 0.3 is 0 Å². The minimum absolute atomic E-state index is 0.0143. The third-order valence-electron chi connectivity index (χ3n) is 2.98. The van der Waals surface area contributed by atoms with Crippen molar-refractivity contribution in [3.8, 4) is 0 Å². The van der Waals surface area contributed by atoms with Gasteiger partial charge in [-0.2, -0.15) is 0 Å². The van der Waals surface area contributed by atoms with Crippen LogP contribution in [0, 0.1) is 6.92 Å². The molecular weight excluding hydrogens is 202 g/mol. The van der Waals surface area contributed by atoms with Gasteiger partial charge < -0.3 is 5.32 Å². The Balaban J connectivity index is 2.22. The van der Waals surface area contributed by atoms with Gasteiger partial charge in [-0.05, 0) is 26.7 Å². The molecule has 1 fully saturated rings. The molecule has 0 bridgehead atoms. The average Bonchev–Trinajstić information content (AvgIpc) is 2.70. The van der Waals surface area contributed by atoms with Gasteiger partial charge in [-0.3, -0.25) is 4.79 Å². The molecule has 1 heterocycles. The van der Waals surface area contributed by atoms with Crippen molar-refractivity contribution in [3.05, 3.63) is 17.6 Å². The normalized spacial score (nSPS) is 16.4. The van der Waals surface area contributed by atoms with Crippen LogP contribution < -0.4 is 5.32 Å². The summed E-state index contributed by atoms with van der Waals surface area (Å²) in [4.78, 5) is 19.8. The Bertz CT molecular complexity index is 397. The van der Waals surface area contributed by atoms with E-state index in [4.69, 9.17) is 0 Å². The fourth-order valence-corrected chi connectivity index (χ4v) is 2.10. The molecule has 86 valence electrons. The fraction of sp³-hybridized carbons (Fsp3) is 0.583. The number of nitrogens with zero attached hydrogens (tertiary/aromatic N) is 2. The average molecular weight is 219 g/mol. The van der Waals surface area contributed by atoms with Crippen molar-refractivity contribution < 1.29 is 4.79 Å². The Labute approximate surface area is 95.5 Å². The van der Waals surface area contributed by atoms with E-state index in [0.717, 1.165) is 0 Å². The first-order valence-corrected chi connectivity index (χ1v) is 5.78. The molecule has 0 atom stereocenters. The number of aryl methyl sites for hydroxylation is 1. The van der Waals surface area contributed by atoms with Crippen molar-refractivity contribution in [3.63, 3.8) is 0 Å². The number of Topliss-reactive ketones (excluding diaryl/α,β-unsaturated/α-hetero) is 1. The van der Waals surface area contributed by atoms with E-state index in [1.807, 2.05) is 6.92 Å². The van der Waals surface area contributed by atoms with Crippen molar-refractivity contribution in [1.29, 1.82) is 0 Å². The van der Waals surface area contributed by atoms with Crippen molar-refractivity contribution in [2.24, 2.45) is 0 Å². The second kappa shape index (κ2) is 4.60. The zero-order valence-electron chi connectivity index (χ0n) is 9.79. The Morgan fingerprint density at radius 1 is 1.44 bits per heavy atom. The predicted octanol–water partition coefficient (Wildman–Crippen LogP) is 2.34. The smallest absolute Gasteiger partial charge is 0.165 e. The minimum Gasteiger partial charge on any atom is -0.367 e. The van der Waals surface area contributed by atoms with Crippen LogP contribution in [0.15, 0.2) is 6.20 Å². The first-order valence-electron chi connectivity index (χ1n) is 5.78. The fourth-order valence-electron chi connectivity index (χ4n) is 2.10. The van der Waals surface area contributed by atoms with Gasteiger partial charge in [-0.15, -0.1) is 0 Å². The molecule has 0 unspecified atom stereocenters. The Morgan fingerprint density at radius 2 is 2.12 bits per heavy atom. The van der Waals surface area contributed by atoms with Crippen LogP contribution in [0.1, 0.15) is 48.8 Å². The molecule has 2 rings (SSSR count). The molecule has 0 aliphatic heterocycles. The number of carbonyl (C=O) groups excluding carboxylic acids is 1. The lowest BCUT2D eigenvalue weighted by molar-refractivity contribution is 0.101. The summed E-state index contributed by atoms with van der Waals surface area (Å²) in [6.45, 7) is 3.39. The van der Waals surface area contributed by atoms with E-state index in [1.165, 1.54) is 25.7 Å². The van der Waals surface area contributed by atoms with Gasteiger partial charge in [0.25, 0.3) is 0 Å². The summed E-state index contributed by atoms with van der Waals surface area (Å²) in [7, 11) is 0. The van der Waals surface area contributed by atoms with Crippen LogP contribution in [-0.2, 0) is 0 Å². The van der Waals surface area contributed by atoms with Crippen molar-refractivity contribution in [2.45, 2.75) is 45.6 Å². The number of rotatable bonds is 3.